The quantitative estimate of drug-likeness (QED) is 0.592. The Morgan fingerprint density at radius 1 is 1.12 bits per heavy atom. The summed E-state index contributed by atoms with van der Waals surface area (Å²) in [6.45, 7) is 1.82. The van der Waals surface area contributed by atoms with Gasteiger partial charge in [0.15, 0.2) is 0 Å². The Morgan fingerprint density at radius 3 is 2.47 bits per heavy atom. The van der Waals surface area contributed by atoms with Gasteiger partial charge in [-0.25, -0.2) is 0 Å². The maximum absolute atomic E-state index is 11.9. The highest BCUT2D eigenvalue weighted by Gasteiger charge is 2.17. The molecule has 0 aliphatic carbocycles. The van der Waals surface area contributed by atoms with E-state index in [0.29, 0.717) is 5.75 Å². The zero-order valence-corrected chi connectivity index (χ0v) is 9.59. The zero-order valence-electron chi connectivity index (χ0n) is 9.59. The van der Waals surface area contributed by atoms with Gasteiger partial charge in [0.2, 0.25) is 0 Å². The normalized spacial score (nSPS) is 11.8. The van der Waals surface area contributed by atoms with Crippen LogP contribution in [0.2, 0.25) is 0 Å². The van der Waals surface area contributed by atoms with Crippen LogP contribution in [0.15, 0.2) is 54.6 Å². The summed E-state index contributed by atoms with van der Waals surface area (Å²) in [7, 11) is 0. The molecule has 2 nitrogen and oxygen atoms in total. The van der Waals surface area contributed by atoms with Gasteiger partial charge in [0.05, 0.1) is 5.92 Å². The molecule has 0 aliphatic rings. The van der Waals surface area contributed by atoms with Crippen LogP contribution >= 0.6 is 0 Å². The van der Waals surface area contributed by atoms with E-state index in [9.17, 15) is 4.79 Å². The molecule has 1 atom stereocenters. The second-order valence-corrected chi connectivity index (χ2v) is 3.77. The van der Waals surface area contributed by atoms with Gasteiger partial charge in [-0.05, 0) is 30.7 Å². The number of ether oxygens (including phenoxy) is 1. The van der Waals surface area contributed by atoms with Crippen molar-refractivity contribution in [3.63, 3.8) is 0 Å². The first-order valence-electron chi connectivity index (χ1n) is 5.51. The summed E-state index contributed by atoms with van der Waals surface area (Å²) < 4.78 is 5.27. The van der Waals surface area contributed by atoms with Gasteiger partial charge < -0.3 is 4.74 Å². The summed E-state index contributed by atoms with van der Waals surface area (Å²) in [6.07, 6.45) is 0. The van der Waals surface area contributed by atoms with Crippen LogP contribution in [0.1, 0.15) is 18.4 Å². The van der Waals surface area contributed by atoms with E-state index in [1.54, 1.807) is 18.2 Å². The van der Waals surface area contributed by atoms with Crippen LogP contribution in [0.4, 0.5) is 0 Å². The van der Waals surface area contributed by atoms with Crippen molar-refractivity contribution in [2.24, 2.45) is 0 Å². The Kier molecular flexibility index (Phi) is 3.55. The summed E-state index contributed by atoms with van der Waals surface area (Å²) in [4.78, 5) is 11.9. The van der Waals surface area contributed by atoms with E-state index in [4.69, 9.17) is 4.74 Å². The molecule has 0 N–H and O–H groups in total. The first kappa shape index (κ1) is 11.4. The molecule has 85 valence electrons. The lowest BCUT2D eigenvalue weighted by molar-refractivity contribution is -0.135. The molecular formula is C15H13O2. The number of benzene rings is 2. The lowest BCUT2D eigenvalue weighted by atomic mass is 10.0. The molecule has 17 heavy (non-hydrogen) atoms. The predicted octanol–water partition coefficient (Wildman–Crippen LogP) is 3.20. The summed E-state index contributed by atoms with van der Waals surface area (Å²) >= 11 is 0. The molecule has 2 rings (SSSR count). The smallest absolute Gasteiger partial charge is 0.318 e. The Balaban J connectivity index is 2.06. The van der Waals surface area contributed by atoms with Gasteiger partial charge in [0, 0.05) is 0 Å². The third kappa shape index (κ3) is 2.94. The van der Waals surface area contributed by atoms with Crippen molar-refractivity contribution in [1.82, 2.24) is 0 Å². The van der Waals surface area contributed by atoms with Crippen molar-refractivity contribution in [3.05, 3.63) is 66.2 Å². The molecule has 0 bridgehead atoms. The number of rotatable bonds is 3. The van der Waals surface area contributed by atoms with E-state index in [0.717, 1.165) is 5.56 Å². The van der Waals surface area contributed by atoms with Crippen LogP contribution < -0.4 is 4.74 Å². The Morgan fingerprint density at radius 2 is 1.82 bits per heavy atom. The maximum atomic E-state index is 11.9. The average molecular weight is 225 g/mol. The van der Waals surface area contributed by atoms with Gasteiger partial charge in [-0.2, -0.15) is 0 Å². The highest BCUT2D eigenvalue weighted by atomic mass is 16.5. The first-order valence-corrected chi connectivity index (χ1v) is 5.51. The van der Waals surface area contributed by atoms with E-state index in [-0.39, 0.29) is 11.9 Å². The summed E-state index contributed by atoms with van der Waals surface area (Å²) in [5.74, 6) is -0.00432. The predicted molar refractivity (Wildman–Crippen MR) is 65.8 cm³/mol. The molecule has 0 heterocycles. The number of para-hydroxylation sites is 1. The minimum absolute atomic E-state index is 0.265. The molecule has 2 aromatic carbocycles. The molecule has 0 saturated heterocycles. The van der Waals surface area contributed by atoms with Crippen molar-refractivity contribution in [2.75, 3.05) is 0 Å². The topological polar surface area (TPSA) is 26.3 Å². The highest BCUT2D eigenvalue weighted by molar-refractivity contribution is 5.79. The molecule has 0 saturated carbocycles. The van der Waals surface area contributed by atoms with Crippen molar-refractivity contribution >= 4 is 5.97 Å². The summed E-state index contributed by atoms with van der Waals surface area (Å²) in [5, 5.41) is 0. The highest BCUT2D eigenvalue weighted by Crippen LogP contribution is 2.18. The molecule has 0 aliphatic heterocycles. The van der Waals surface area contributed by atoms with Gasteiger partial charge >= 0.3 is 5.97 Å². The lowest BCUT2D eigenvalue weighted by Gasteiger charge is -2.10. The van der Waals surface area contributed by atoms with Crippen molar-refractivity contribution in [1.29, 1.82) is 0 Å². The number of hydrogen-bond acceptors (Lipinski definition) is 2. The minimum atomic E-state index is -0.309. The SMILES string of the molecule is CC(C(=O)Oc1ccccc1)c1[c]cccc1. The molecule has 1 radical (unpaired) electrons. The molecule has 0 fully saturated rings. The van der Waals surface area contributed by atoms with Gasteiger partial charge in [0.25, 0.3) is 0 Å². The molecule has 1 unspecified atom stereocenters. The van der Waals surface area contributed by atoms with Gasteiger partial charge in [-0.15, -0.1) is 0 Å². The third-order valence-corrected chi connectivity index (χ3v) is 2.51. The lowest BCUT2D eigenvalue weighted by Crippen LogP contribution is -2.16. The Labute approximate surface area is 101 Å². The number of esters is 1. The van der Waals surface area contributed by atoms with Gasteiger partial charge in [0.1, 0.15) is 5.75 Å². The van der Waals surface area contributed by atoms with Crippen LogP contribution in [-0.2, 0) is 4.79 Å². The largest absolute Gasteiger partial charge is 0.426 e. The van der Waals surface area contributed by atoms with Crippen LogP contribution in [0.25, 0.3) is 0 Å². The van der Waals surface area contributed by atoms with E-state index in [1.165, 1.54) is 0 Å². The molecule has 0 aromatic heterocycles. The van der Waals surface area contributed by atoms with Crippen LogP contribution in [0.3, 0.4) is 0 Å². The summed E-state index contributed by atoms with van der Waals surface area (Å²) in [6, 6.07) is 19.5. The average Bonchev–Trinajstić information content (AvgIpc) is 2.40. The molecule has 0 spiro atoms. The second kappa shape index (κ2) is 5.30. The third-order valence-electron chi connectivity index (χ3n) is 2.51. The number of hydrogen-bond donors (Lipinski definition) is 0. The maximum Gasteiger partial charge on any atom is 0.318 e. The van der Waals surface area contributed by atoms with Crippen LogP contribution in [0.5, 0.6) is 5.75 Å². The Hall–Kier alpha value is -2.09. The number of carbonyl (C=O) groups is 1. The summed E-state index contributed by atoms with van der Waals surface area (Å²) in [5.41, 5.74) is 0.841. The monoisotopic (exact) mass is 225 g/mol. The second-order valence-electron chi connectivity index (χ2n) is 3.77. The van der Waals surface area contributed by atoms with Crippen LogP contribution in [0, 0.1) is 6.07 Å². The Bertz CT molecular complexity index is 477. The van der Waals surface area contributed by atoms with Gasteiger partial charge in [-0.1, -0.05) is 42.5 Å². The van der Waals surface area contributed by atoms with Crippen molar-refractivity contribution in [2.45, 2.75) is 12.8 Å². The van der Waals surface area contributed by atoms with Crippen molar-refractivity contribution < 1.29 is 9.53 Å². The fourth-order valence-corrected chi connectivity index (χ4v) is 1.50. The molecule has 2 aromatic rings. The fraction of sp³-hybridized carbons (Fsp3) is 0.133. The molecular weight excluding hydrogens is 212 g/mol. The zero-order chi connectivity index (χ0) is 12.1. The molecule has 2 heteroatoms. The standard InChI is InChI=1S/C15H13O2/c1-12(13-8-4-2-5-9-13)15(16)17-14-10-6-3-7-11-14/h2-8,10-12H,1H3. The molecule has 0 amide bonds. The van der Waals surface area contributed by atoms with E-state index in [2.05, 4.69) is 6.07 Å². The van der Waals surface area contributed by atoms with Crippen LogP contribution in [-0.4, -0.2) is 5.97 Å². The van der Waals surface area contributed by atoms with E-state index in [1.807, 2.05) is 43.3 Å². The van der Waals surface area contributed by atoms with Gasteiger partial charge in [-0.3, -0.25) is 4.79 Å². The fourth-order valence-electron chi connectivity index (χ4n) is 1.50. The number of carbonyl (C=O) groups excluding carboxylic acids is 1. The van der Waals surface area contributed by atoms with Crippen molar-refractivity contribution in [3.8, 4) is 5.75 Å². The van der Waals surface area contributed by atoms with E-state index >= 15 is 0 Å². The minimum Gasteiger partial charge on any atom is -0.426 e. The van der Waals surface area contributed by atoms with E-state index < -0.39 is 0 Å². The first-order chi connectivity index (χ1) is 8.27.